The Hall–Kier alpha value is -3.96. The molecule has 42 heavy (non-hydrogen) atoms. The minimum atomic E-state index is -3.97. The normalized spacial score (nSPS) is 14.4. The molecule has 222 valence electrons. The lowest BCUT2D eigenvalue weighted by Crippen LogP contribution is -2.44. The molecule has 0 aliphatic carbocycles. The van der Waals surface area contributed by atoms with Crippen molar-refractivity contribution < 1.29 is 13.2 Å². The maximum absolute atomic E-state index is 13.2. The fourth-order valence-electron chi connectivity index (χ4n) is 5.22. The van der Waals surface area contributed by atoms with E-state index in [4.69, 9.17) is 4.74 Å². The molecule has 0 bridgehead atoms. The van der Waals surface area contributed by atoms with Crippen LogP contribution >= 0.6 is 0 Å². The smallest absolute Gasteiger partial charge is 0.267 e. The molecule has 4 aromatic rings. The third-order valence-corrected chi connectivity index (χ3v) is 8.69. The fourth-order valence-corrected chi connectivity index (χ4v) is 6.15. The molecule has 0 atom stereocenters. The molecular weight excluding hydrogens is 550 g/mol. The zero-order valence-corrected chi connectivity index (χ0v) is 25.9. The number of nitrogens with zero attached hydrogens (tertiary/aromatic N) is 6. The van der Waals surface area contributed by atoms with Crippen LogP contribution in [-0.4, -0.2) is 66.3 Å². The van der Waals surface area contributed by atoms with Crippen molar-refractivity contribution in [3.63, 3.8) is 0 Å². The summed E-state index contributed by atoms with van der Waals surface area (Å²) in [7, 11) is -0.160. The minimum Gasteiger partial charge on any atom is -0.439 e. The molecule has 0 spiro atoms. The summed E-state index contributed by atoms with van der Waals surface area (Å²) in [6, 6.07) is 14.0. The second-order valence-electron chi connectivity index (χ2n) is 11.4. The lowest BCUT2D eigenvalue weighted by Gasteiger charge is -2.34. The highest BCUT2D eigenvalue weighted by atomic mass is 32.2. The van der Waals surface area contributed by atoms with E-state index in [9.17, 15) is 8.42 Å². The second-order valence-corrected chi connectivity index (χ2v) is 13.1. The first kappa shape index (κ1) is 29.5. The van der Waals surface area contributed by atoms with Crippen molar-refractivity contribution in [3.8, 4) is 22.9 Å². The van der Waals surface area contributed by atoms with Gasteiger partial charge in [0.15, 0.2) is 0 Å². The average Bonchev–Trinajstić information content (AvgIpc) is 3.37. The van der Waals surface area contributed by atoms with E-state index in [1.807, 2.05) is 38.1 Å². The highest BCUT2D eigenvalue weighted by Gasteiger charge is 2.21. The van der Waals surface area contributed by atoms with Crippen molar-refractivity contribution in [2.45, 2.75) is 39.0 Å². The Morgan fingerprint density at radius 2 is 1.69 bits per heavy atom. The van der Waals surface area contributed by atoms with E-state index >= 15 is 0 Å². The molecule has 5 rings (SSSR count). The number of hydrogen-bond donors (Lipinski definition) is 1. The van der Waals surface area contributed by atoms with Crippen LogP contribution in [0.25, 0.3) is 11.3 Å². The van der Waals surface area contributed by atoms with Crippen molar-refractivity contribution in [2.75, 3.05) is 42.8 Å². The number of likely N-dealkylation sites (N-methyl/N-ethyl adjacent to an activating group) is 1. The molecule has 2 aromatic heterocycles. The van der Waals surface area contributed by atoms with Gasteiger partial charge in [-0.25, -0.2) is 18.1 Å². The Kier molecular flexibility index (Phi) is 8.51. The van der Waals surface area contributed by atoms with Crippen molar-refractivity contribution in [3.05, 3.63) is 71.5 Å². The van der Waals surface area contributed by atoms with Gasteiger partial charge in [0.2, 0.25) is 11.8 Å². The zero-order chi connectivity index (χ0) is 30.0. The Morgan fingerprint density at radius 1 is 0.976 bits per heavy atom. The van der Waals surface area contributed by atoms with Crippen LogP contribution in [0.15, 0.2) is 59.8 Å². The molecule has 10 nitrogen and oxygen atoms in total. The molecule has 1 N–H and O–H groups in total. The van der Waals surface area contributed by atoms with Crippen molar-refractivity contribution in [1.29, 1.82) is 0 Å². The summed E-state index contributed by atoms with van der Waals surface area (Å²) >= 11 is 0. The fraction of sp³-hybridized carbons (Fsp3) is 0.387. The number of ether oxygens (including phenoxy) is 1. The number of benzene rings is 2. The maximum atomic E-state index is 13.2. The summed E-state index contributed by atoms with van der Waals surface area (Å²) < 4.78 is 36.7. The molecule has 0 saturated carbocycles. The molecule has 0 radical (unpaired) electrons. The monoisotopic (exact) mass is 589 g/mol. The Balaban J connectivity index is 1.54. The quantitative estimate of drug-likeness (QED) is 0.290. The van der Waals surface area contributed by atoms with E-state index in [-0.39, 0.29) is 16.7 Å². The highest BCUT2D eigenvalue weighted by molar-refractivity contribution is 7.92. The van der Waals surface area contributed by atoms with Gasteiger partial charge in [0.1, 0.15) is 10.6 Å². The third kappa shape index (κ3) is 6.74. The van der Waals surface area contributed by atoms with E-state index in [1.165, 1.54) is 22.8 Å². The largest absolute Gasteiger partial charge is 0.439 e. The van der Waals surface area contributed by atoms with Crippen LogP contribution in [0.3, 0.4) is 0 Å². The first-order valence-corrected chi connectivity index (χ1v) is 15.7. The van der Waals surface area contributed by atoms with Gasteiger partial charge in [0.05, 0.1) is 11.9 Å². The number of nitrogens with one attached hydrogen (secondary N) is 1. The molecule has 0 unspecified atom stereocenters. The summed E-state index contributed by atoms with van der Waals surface area (Å²) in [5.41, 5.74) is 5.75. The van der Waals surface area contributed by atoms with Gasteiger partial charge in [-0.05, 0) is 68.1 Å². The van der Waals surface area contributed by atoms with Gasteiger partial charge in [-0.2, -0.15) is 10.1 Å². The number of aryl methyl sites for hydroxylation is 3. The van der Waals surface area contributed by atoms with Crippen LogP contribution in [-0.2, 0) is 23.5 Å². The predicted octanol–water partition coefficient (Wildman–Crippen LogP) is 5.04. The van der Waals surface area contributed by atoms with Gasteiger partial charge in [-0.1, -0.05) is 32.0 Å². The Labute approximate surface area is 248 Å². The molecule has 0 amide bonds. The first-order chi connectivity index (χ1) is 20.0. The van der Waals surface area contributed by atoms with Crippen molar-refractivity contribution in [2.24, 2.45) is 13.0 Å². The predicted molar refractivity (Wildman–Crippen MR) is 166 cm³/mol. The number of rotatable bonds is 9. The van der Waals surface area contributed by atoms with E-state index in [0.717, 1.165) is 54.9 Å². The number of hydrogen-bond acceptors (Lipinski definition) is 8. The number of anilines is 2. The molecule has 3 heterocycles. The zero-order valence-electron chi connectivity index (χ0n) is 25.1. The van der Waals surface area contributed by atoms with Gasteiger partial charge in [-0.15, -0.1) is 0 Å². The topological polar surface area (TPSA) is 105 Å². The number of aromatic nitrogens is 4. The molecular formula is C31H39N7O3S. The first-order valence-electron chi connectivity index (χ1n) is 14.2. The lowest BCUT2D eigenvalue weighted by atomic mass is 10.00. The standard InChI is InChI=1S/C31H39N7O3S/c1-21(2)16-24-17-25(38-14-12-36(5)13-15-38)10-11-28(24)41-29-18-27(30-22(3)8-7-9-23(30)4)33-31(34-29)35-42(39,40)26-19-32-37(6)20-26/h7-11,17-21H,12-16H2,1-6H3,(H,33,34,35). The van der Waals surface area contributed by atoms with E-state index < -0.39 is 10.0 Å². The van der Waals surface area contributed by atoms with Gasteiger partial charge in [0, 0.05) is 56.7 Å². The van der Waals surface area contributed by atoms with E-state index in [0.29, 0.717) is 17.4 Å². The minimum absolute atomic E-state index is 0.0206. The number of piperazine rings is 1. The number of sulfonamides is 1. The van der Waals surface area contributed by atoms with Crippen LogP contribution in [0.2, 0.25) is 0 Å². The second kappa shape index (κ2) is 12.1. The third-order valence-electron chi connectivity index (χ3n) is 7.41. The van der Waals surface area contributed by atoms with Crippen LogP contribution < -0.4 is 14.4 Å². The molecule has 1 aliphatic rings. The van der Waals surface area contributed by atoms with Gasteiger partial charge in [-0.3, -0.25) is 4.68 Å². The van der Waals surface area contributed by atoms with Crippen LogP contribution in [0.4, 0.5) is 11.6 Å². The van der Waals surface area contributed by atoms with Crippen molar-refractivity contribution in [1.82, 2.24) is 24.6 Å². The SMILES string of the molecule is Cc1cccc(C)c1-c1cc(Oc2ccc(N3CCN(C)CC3)cc2CC(C)C)nc(NS(=O)(=O)c2cnn(C)c2)n1. The van der Waals surface area contributed by atoms with Gasteiger partial charge < -0.3 is 14.5 Å². The molecule has 1 fully saturated rings. The average molecular weight is 590 g/mol. The van der Waals surface area contributed by atoms with E-state index in [1.54, 1.807) is 13.1 Å². The van der Waals surface area contributed by atoms with Gasteiger partial charge in [0.25, 0.3) is 10.0 Å². The van der Waals surface area contributed by atoms with Gasteiger partial charge >= 0.3 is 0 Å². The van der Waals surface area contributed by atoms with Crippen LogP contribution in [0, 0.1) is 19.8 Å². The highest BCUT2D eigenvalue weighted by Crippen LogP contribution is 2.34. The van der Waals surface area contributed by atoms with Crippen molar-refractivity contribution >= 4 is 21.7 Å². The van der Waals surface area contributed by atoms with E-state index in [2.05, 4.69) is 62.6 Å². The summed E-state index contributed by atoms with van der Waals surface area (Å²) in [6.07, 6.45) is 3.54. The molecule has 1 aliphatic heterocycles. The molecule has 11 heteroatoms. The summed E-state index contributed by atoms with van der Waals surface area (Å²) in [4.78, 5) is 13.9. The Bertz CT molecular complexity index is 1660. The lowest BCUT2D eigenvalue weighted by molar-refractivity contribution is 0.313. The maximum Gasteiger partial charge on any atom is 0.267 e. The Morgan fingerprint density at radius 3 is 2.33 bits per heavy atom. The summed E-state index contributed by atoms with van der Waals surface area (Å²) in [5.74, 6) is 1.28. The van der Waals surface area contributed by atoms with Crippen LogP contribution in [0.1, 0.15) is 30.5 Å². The molecule has 1 saturated heterocycles. The summed E-state index contributed by atoms with van der Waals surface area (Å²) in [6.45, 7) is 12.4. The summed E-state index contributed by atoms with van der Waals surface area (Å²) in [5, 5.41) is 3.99. The molecule has 2 aromatic carbocycles. The van der Waals surface area contributed by atoms with Crippen LogP contribution in [0.5, 0.6) is 11.6 Å².